The van der Waals surface area contributed by atoms with E-state index in [9.17, 15) is 4.79 Å². The lowest BCUT2D eigenvalue weighted by Gasteiger charge is -1.98. The predicted molar refractivity (Wildman–Crippen MR) is 39.2 cm³/mol. The van der Waals surface area contributed by atoms with Gasteiger partial charge in [-0.05, 0) is 19.9 Å². The fourth-order valence-electron chi connectivity index (χ4n) is 0.743. The van der Waals surface area contributed by atoms with Crippen LogP contribution in [0.2, 0.25) is 0 Å². The maximum atomic E-state index is 10.5. The second kappa shape index (κ2) is 4.19. The molecule has 0 aromatic rings. The van der Waals surface area contributed by atoms with Crippen LogP contribution in [0.1, 0.15) is 20.3 Å². The van der Waals surface area contributed by atoms with Crippen LogP contribution in [0.3, 0.4) is 0 Å². The van der Waals surface area contributed by atoms with Crippen molar-refractivity contribution in [1.29, 1.82) is 0 Å². The fraction of sp³-hybridized carbons (Fsp3) is 0.571. The summed E-state index contributed by atoms with van der Waals surface area (Å²) < 4.78 is 0. The van der Waals surface area contributed by atoms with Gasteiger partial charge in [-0.1, -0.05) is 5.57 Å². The highest BCUT2D eigenvalue weighted by atomic mass is 16.3. The molecule has 3 nitrogen and oxygen atoms in total. The van der Waals surface area contributed by atoms with E-state index in [0.717, 1.165) is 5.57 Å². The van der Waals surface area contributed by atoms with Crippen molar-refractivity contribution < 1.29 is 9.90 Å². The summed E-state index contributed by atoms with van der Waals surface area (Å²) >= 11 is 0. The summed E-state index contributed by atoms with van der Waals surface area (Å²) in [5.74, 6) is 0.0781. The summed E-state index contributed by atoms with van der Waals surface area (Å²) in [5.41, 5.74) is 5.84. The lowest BCUT2D eigenvalue weighted by Crippen LogP contribution is -2.15. The van der Waals surface area contributed by atoms with Gasteiger partial charge in [-0.2, -0.15) is 0 Å². The molecule has 0 aromatic carbocycles. The monoisotopic (exact) mass is 143 g/mol. The Morgan fingerprint density at radius 1 is 1.70 bits per heavy atom. The molecule has 3 N–H and O–H groups in total. The summed E-state index contributed by atoms with van der Waals surface area (Å²) in [5, 5.41) is 8.63. The summed E-state index contributed by atoms with van der Waals surface area (Å²) in [6.07, 6.45) is 0.884. The van der Waals surface area contributed by atoms with Gasteiger partial charge in [-0.3, -0.25) is 4.79 Å². The fourth-order valence-corrected chi connectivity index (χ4v) is 0.743. The Labute approximate surface area is 60.5 Å². The molecule has 0 heterocycles. The van der Waals surface area contributed by atoms with Crippen LogP contribution in [0, 0.1) is 0 Å². The molecule has 0 saturated carbocycles. The first-order valence-electron chi connectivity index (χ1n) is 3.12. The van der Waals surface area contributed by atoms with E-state index in [1.54, 1.807) is 6.92 Å². The third-order valence-electron chi connectivity index (χ3n) is 0.983. The van der Waals surface area contributed by atoms with E-state index in [1.807, 2.05) is 0 Å². The number of ketones is 1. The number of carbonyl (C=O) groups is 1. The van der Waals surface area contributed by atoms with E-state index >= 15 is 0 Å². The Balaban J connectivity index is 3.82. The van der Waals surface area contributed by atoms with Crippen LogP contribution in [-0.2, 0) is 4.79 Å². The number of carbonyl (C=O) groups excluding carboxylic acids is 1. The topological polar surface area (TPSA) is 63.3 Å². The van der Waals surface area contributed by atoms with E-state index in [4.69, 9.17) is 10.8 Å². The quantitative estimate of drug-likeness (QED) is 0.438. The number of allylic oxidation sites excluding steroid dienone is 1. The largest absolute Gasteiger partial charge is 0.375 e. The molecular formula is C7H13NO2. The molecule has 0 aliphatic rings. The first-order chi connectivity index (χ1) is 4.52. The number of aliphatic hydroxyl groups is 1. The maximum absolute atomic E-state index is 10.5. The van der Waals surface area contributed by atoms with Gasteiger partial charge in [-0.15, -0.1) is 0 Å². The molecular weight excluding hydrogens is 130 g/mol. The number of hydrogen-bond acceptors (Lipinski definition) is 3. The molecule has 0 bridgehead atoms. The van der Waals surface area contributed by atoms with E-state index < -0.39 is 6.23 Å². The van der Waals surface area contributed by atoms with E-state index in [2.05, 4.69) is 0 Å². The molecule has 1 atom stereocenters. The van der Waals surface area contributed by atoms with Gasteiger partial charge in [0, 0.05) is 6.42 Å². The Kier molecular flexibility index (Phi) is 3.91. The Morgan fingerprint density at radius 3 is 2.50 bits per heavy atom. The minimum Gasteiger partial charge on any atom is -0.375 e. The zero-order chi connectivity index (χ0) is 8.15. The van der Waals surface area contributed by atoms with Crippen LogP contribution >= 0.6 is 0 Å². The molecule has 0 radical (unpaired) electrons. The molecule has 0 aliphatic carbocycles. The second-order valence-electron chi connectivity index (χ2n) is 2.38. The average Bonchev–Trinajstić information content (AvgIpc) is 1.58. The average molecular weight is 143 g/mol. The van der Waals surface area contributed by atoms with Gasteiger partial charge in [0.1, 0.15) is 12.0 Å². The van der Waals surface area contributed by atoms with Crippen LogP contribution in [0.15, 0.2) is 11.6 Å². The first kappa shape index (κ1) is 9.33. The number of aliphatic hydroxyl groups excluding tert-OH is 1. The Hall–Kier alpha value is -0.670. The van der Waals surface area contributed by atoms with Gasteiger partial charge in [-0.25, -0.2) is 0 Å². The third-order valence-corrected chi connectivity index (χ3v) is 0.983. The van der Waals surface area contributed by atoms with E-state index in [-0.39, 0.29) is 5.78 Å². The number of hydrogen-bond donors (Lipinski definition) is 2. The Morgan fingerprint density at radius 2 is 2.20 bits per heavy atom. The number of Topliss-reactive ketones (excluding diaryl/α,β-unsaturated/α-hetero) is 1. The van der Waals surface area contributed by atoms with Crippen LogP contribution < -0.4 is 5.73 Å². The molecule has 1 unspecified atom stereocenters. The Bertz CT molecular complexity index is 150. The van der Waals surface area contributed by atoms with Crippen molar-refractivity contribution in [1.82, 2.24) is 0 Å². The van der Waals surface area contributed by atoms with Crippen molar-refractivity contribution >= 4 is 5.78 Å². The van der Waals surface area contributed by atoms with Crippen molar-refractivity contribution in [2.75, 3.05) is 0 Å². The standard InChI is InChI=1S/C7H13NO2/c1-5(3-6(2)9)4-7(8)10/h4,7,10H,3,8H2,1-2H3/b5-4-. The van der Waals surface area contributed by atoms with Crippen LogP contribution in [-0.4, -0.2) is 17.1 Å². The molecule has 0 rings (SSSR count). The van der Waals surface area contributed by atoms with Crippen LogP contribution in [0.5, 0.6) is 0 Å². The molecule has 0 amide bonds. The van der Waals surface area contributed by atoms with Gasteiger partial charge in [0.25, 0.3) is 0 Å². The highest BCUT2D eigenvalue weighted by Crippen LogP contribution is 1.99. The minimum atomic E-state index is -0.945. The lowest BCUT2D eigenvalue weighted by molar-refractivity contribution is -0.116. The predicted octanol–water partition coefficient (Wildman–Crippen LogP) is 0.189. The smallest absolute Gasteiger partial charge is 0.133 e. The summed E-state index contributed by atoms with van der Waals surface area (Å²) in [4.78, 5) is 10.5. The van der Waals surface area contributed by atoms with E-state index in [0.29, 0.717) is 6.42 Å². The molecule has 0 spiro atoms. The SMILES string of the molecule is CC(=O)C/C(C)=C\C(N)O. The summed E-state index contributed by atoms with van der Waals surface area (Å²) in [7, 11) is 0. The maximum Gasteiger partial charge on any atom is 0.133 e. The molecule has 58 valence electrons. The molecule has 0 aliphatic heterocycles. The van der Waals surface area contributed by atoms with Gasteiger partial charge in [0.05, 0.1) is 0 Å². The zero-order valence-corrected chi connectivity index (χ0v) is 6.29. The first-order valence-corrected chi connectivity index (χ1v) is 3.12. The molecule has 10 heavy (non-hydrogen) atoms. The van der Waals surface area contributed by atoms with Gasteiger partial charge >= 0.3 is 0 Å². The van der Waals surface area contributed by atoms with Gasteiger partial charge < -0.3 is 10.8 Å². The molecule has 0 aromatic heterocycles. The van der Waals surface area contributed by atoms with Crippen molar-refractivity contribution in [2.45, 2.75) is 26.5 Å². The zero-order valence-electron chi connectivity index (χ0n) is 6.29. The third kappa shape index (κ3) is 5.47. The highest BCUT2D eigenvalue weighted by molar-refractivity contribution is 5.77. The van der Waals surface area contributed by atoms with Crippen LogP contribution in [0.25, 0.3) is 0 Å². The van der Waals surface area contributed by atoms with E-state index in [1.165, 1.54) is 13.0 Å². The normalized spacial score (nSPS) is 15.0. The van der Waals surface area contributed by atoms with Crippen molar-refractivity contribution in [2.24, 2.45) is 5.73 Å². The molecule has 0 fully saturated rings. The van der Waals surface area contributed by atoms with Crippen molar-refractivity contribution in [3.63, 3.8) is 0 Å². The van der Waals surface area contributed by atoms with Crippen molar-refractivity contribution in [3.05, 3.63) is 11.6 Å². The number of rotatable bonds is 3. The minimum absolute atomic E-state index is 0.0781. The van der Waals surface area contributed by atoms with Crippen LogP contribution in [0.4, 0.5) is 0 Å². The number of nitrogens with two attached hydrogens (primary N) is 1. The van der Waals surface area contributed by atoms with Gasteiger partial charge in [0.15, 0.2) is 0 Å². The van der Waals surface area contributed by atoms with Crippen molar-refractivity contribution in [3.8, 4) is 0 Å². The molecule has 3 heteroatoms. The summed E-state index contributed by atoms with van der Waals surface area (Å²) in [6, 6.07) is 0. The van der Waals surface area contributed by atoms with Gasteiger partial charge in [0.2, 0.25) is 0 Å². The highest BCUT2D eigenvalue weighted by Gasteiger charge is 1.96. The second-order valence-corrected chi connectivity index (χ2v) is 2.38. The summed E-state index contributed by atoms with van der Waals surface area (Å²) in [6.45, 7) is 3.26. The lowest BCUT2D eigenvalue weighted by atomic mass is 10.1. The molecule has 0 saturated heterocycles.